The molecule has 0 aromatic rings. The molecule has 0 aliphatic carbocycles. The number of β-amino-alcohol motifs (C(OH)–C–C–N with tert-alkyl or cyclic N) is 1. The van der Waals surface area contributed by atoms with Gasteiger partial charge in [0.1, 0.15) is 0 Å². The summed E-state index contributed by atoms with van der Waals surface area (Å²) in [5.74, 6) is 0. The second-order valence-corrected chi connectivity index (χ2v) is 5.47. The fraction of sp³-hybridized carbons (Fsp3) is 1.00. The predicted molar refractivity (Wildman–Crippen MR) is 73.2 cm³/mol. The van der Waals surface area contributed by atoms with Crippen LogP contribution in [0.5, 0.6) is 0 Å². The molecular formula is C14H30N2O. The topological polar surface area (TPSA) is 35.5 Å². The first kappa shape index (κ1) is 14.9. The van der Waals surface area contributed by atoms with Gasteiger partial charge in [-0.15, -0.1) is 0 Å². The van der Waals surface area contributed by atoms with Crippen molar-refractivity contribution in [3.05, 3.63) is 0 Å². The molecule has 1 aliphatic heterocycles. The zero-order valence-corrected chi connectivity index (χ0v) is 11.8. The van der Waals surface area contributed by atoms with Crippen molar-refractivity contribution < 1.29 is 5.11 Å². The number of hydrogen-bond acceptors (Lipinski definition) is 3. The van der Waals surface area contributed by atoms with E-state index < -0.39 is 0 Å². The van der Waals surface area contributed by atoms with Crippen LogP contribution in [0.25, 0.3) is 0 Å². The number of aliphatic hydroxyl groups is 1. The fourth-order valence-electron chi connectivity index (χ4n) is 2.84. The van der Waals surface area contributed by atoms with Gasteiger partial charge in [0.15, 0.2) is 0 Å². The lowest BCUT2D eigenvalue weighted by atomic mass is 9.74. The SMILES string of the molecule is CCNCC(O)CN1CCC(CC)(CC)CC1. The minimum atomic E-state index is -0.217. The summed E-state index contributed by atoms with van der Waals surface area (Å²) >= 11 is 0. The zero-order valence-electron chi connectivity index (χ0n) is 11.8. The van der Waals surface area contributed by atoms with Crippen LogP contribution in [0.2, 0.25) is 0 Å². The fourth-order valence-corrected chi connectivity index (χ4v) is 2.84. The minimum Gasteiger partial charge on any atom is -0.390 e. The predicted octanol–water partition coefficient (Wildman–Crippen LogP) is 1.86. The van der Waals surface area contributed by atoms with Crippen LogP contribution >= 0.6 is 0 Å². The van der Waals surface area contributed by atoms with Crippen LogP contribution in [-0.4, -0.2) is 48.8 Å². The van der Waals surface area contributed by atoms with Gasteiger partial charge in [0.05, 0.1) is 6.10 Å². The summed E-state index contributed by atoms with van der Waals surface area (Å²) in [5, 5.41) is 13.1. The smallest absolute Gasteiger partial charge is 0.0791 e. The number of aliphatic hydroxyl groups excluding tert-OH is 1. The molecule has 3 nitrogen and oxygen atoms in total. The number of hydrogen-bond donors (Lipinski definition) is 2. The van der Waals surface area contributed by atoms with E-state index in [1.54, 1.807) is 0 Å². The first-order valence-electron chi connectivity index (χ1n) is 7.27. The average molecular weight is 242 g/mol. The molecule has 1 heterocycles. The van der Waals surface area contributed by atoms with Crippen molar-refractivity contribution in [3.8, 4) is 0 Å². The summed E-state index contributed by atoms with van der Waals surface area (Å²) in [7, 11) is 0. The normalized spacial score (nSPS) is 22.6. The Labute approximate surface area is 107 Å². The van der Waals surface area contributed by atoms with Gasteiger partial charge in [-0.05, 0) is 37.9 Å². The molecule has 17 heavy (non-hydrogen) atoms. The van der Waals surface area contributed by atoms with E-state index in [4.69, 9.17) is 0 Å². The van der Waals surface area contributed by atoms with E-state index in [1.807, 2.05) is 0 Å². The number of nitrogens with one attached hydrogen (secondary N) is 1. The number of rotatable bonds is 7. The first-order valence-corrected chi connectivity index (χ1v) is 7.27. The number of nitrogens with zero attached hydrogens (tertiary/aromatic N) is 1. The maximum absolute atomic E-state index is 9.87. The molecule has 0 saturated carbocycles. The van der Waals surface area contributed by atoms with Crippen LogP contribution in [0.3, 0.4) is 0 Å². The molecular weight excluding hydrogens is 212 g/mol. The second kappa shape index (κ2) is 7.34. The molecule has 0 aromatic carbocycles. The molecule has 0 radical (unpaired) electrons. The van der Waals surface area contributed by atoms with E-state index in [-0.39, 0.29) is 6.10 Å². The number of likely N-dealkylation sites (tertiary alicyclic amines) is 1. The Morgan fingerprint density at radius 3 is 2.24 bits per heavy atom. The largest absolute Gasteiger partial charge is 0.390 e. The Kier molecular flexibility index (Phi) is 6.45. The van der Waals surface area contributed by atoms with Crippen LogP contribution in [-0.2, 0) is 0 Å². The summed E-state index contributed by atoms with van der Waals surface area (Å²) in [5.41, 5.74) is 0.586. The summed E-state index contributed by atoms with van der Waals surface area (Å²) in [6.07, 6.45) is 4.99. The maximum Gasteiger partial charge on any atom is 0.0791 e. The van der Waals surface area contributed by atoms with E-state index in [9.17, 15) is 5.11 Å². The van der Waals surface area contributed by atoms with E-state index in [0.717, 1.165) is 32.7 Å². The van der Waals surface area contributed by atoms with Gasteiger partial charge in [-0.1, -0.05) is 33.6 Å². The lowest BCUT2D eigenvalue weighted by Gasteiger charge is -2.41. The van der Waals surface area contributed by atoms with Gasteiger partial charge in [-0.3, -0.25) is 0 Å². The van der Waals surface area contributed by atoms with Gasteiger partial charge in [0, 0.05) is 13.1 Å². The maximum atomic E-state index is 9.87. The lowest BCUT2D eigenvalue weighted by molar-refractivity contribution is 0.0537. The van der Waals surface area contributed by atoms with E-state index in [1.165, 1.54) is 25.7 Å². The molecule has 1 unspecified atom stereocenters. The standard InChI is InChI=1S/C14H30N2O/c1-4-14(5-2)7-9-16(10-8-14)12-13(17)11-15-6-3/h13,15,17H,4-12H2,1-3H3. The molecule has 0 spiro atoms. The molecule has 0 aromatic heterocycles. The Balaban J connectivity index is 2.27. The Morgan fingerprint density at radius 1 is 1.18 bits per heavy atom. The van der Waals surface area contributed by atoms with Crippen LogP contribution in [0.1, 0.15) is 46.5 Å². The Bertz CT molecular complexity index is 194. The van der Waals surface area contributed by atoms with Crippen LogP contribution in [0.4, 0.5) is 0 Å². The summed E-state index contributed by atoms with van der Waals surface area (Å²) in [4.78, 5) is 2.42. The molecule has 1 rings (SSSR count). The molecule has 1 aliphatic rings. The van der Waals surface area contributed by atoms with Crippen LogP contribution in [0.15, 0.2) is 0 Å². The van der Waals surface area contributed by atoms with Crippen molar-refractivity contribution in [3.63, 3.8) is 0 Å². The minimum absolute atomic E-state index is 0.217. The average Bonchev–Trinajstić information content (AvgIpc) is 2.38. The molecule has 1 fully saturated rings. The molecule has 1 saturated heterocycles. The van der Waals surface area contributed by atoms with Crippen molar-refractivity contribution >= 4 is 0 Å². The van der Waals surface area contributed by atoms with E-state index >= 15 is 0 Å². The molecule has 0 amide bonds. The second-order valence-electron chi connectivity index (χ2n) is 5.47. The highest BCUT2D eigenvalue weighted by Gasteiger charge is 2.31. The van der Waals surface area contributed by atoms with Gasteiger partial charge in [0.2, 0.25) is 0 Å². The van der Waals surface area contributed by atoms with Gasteiger partial charge in [-0.25, -0.2) is 0 Å². The monoisotopic (exact) mass is 242 g/mol. The number of piperidine rings is 1. The number of likely N-dealkylation sites (N-methyl/N-ethyl adjacent to an activating group) is 1. The van der Waals surface area contributed by atoms with Gasteiger partial charge in [0.25, 0.3) is 0 Å². The molecule has 2 N–H and O–H groups in total. The van der Waals surface area contributed by atoms with Gasteiger partial charge in [-0.2, -0.15) is 0 Å². The van der Waals surface area contributed by atoms with Gasteiger partial charge >= 0.3 is 0 Å². The quantitative estimate of drug-likeness (QED) is 0.715. The Hall–Kier alpha value is -0.120. The molecule has 0 bridgehead atoms. The van der Waals surface area contributed by atoms with E-state index in [2.05, 4.69) is 31.0 Å². The third-order valence-electron chi connectivity index (χ3n) is 4.52. The Morgan fingerprint density at radius 2 is 1.76 bits per heavy atom. The zero-order chi connectivity index (χ0) is 12.7. The summed E-state index contributed by atoms with van der Waals surface area (Å²) in [6, 6.07) is 0. The third-order valence-corrected chi connectivity index (χ3v) is 4.52. The van der Waals surface area contributed by atoms with Crippen molar-refractivity contribution in [1.82, 2.24) is 10.2 Å². The van der Waals surface area contributed by atoms with Crippen molar-refractivity contribution in [2.24, 2.45) is 5.41 Å². The first-order chi connectivity index (χ1) is 8.15. The third kappa shape index (κ3) is 4.57. The lowest BCUT2D eigenvalue weighted by Crippen LogP contribution is -2.45. The molecule has 1 atom stereocenters. The van der Waals surface area contributed by atoms with Crippen LogP contribution in [0, 0.1) is 5.41 Å². The summed E-state index contributed by atoms with van der Waals surface area (Å²) in [6.45, 7) is 11.5. The van der Waals surface area contributed by atoms with Gasteiger partial charge < -0.3 is 15.3 Å². The highest BCUT2D eigenvalue weighted by atomic mass is 16.3. The van der Waals surface area contributed by atoms with Crippen molar-refractivity contribution in [1.29, 1.82) is 0 Å². The highest BCUT2D eigenvalue weighted by molar-refractivity contribution is 4.84. The van der Waals surface area contributed by atoms with E-state index in [0.29, 0.717) is 5.41 Å². The van der Waals surface area contributed by atoms with Crippen molar-refractivity contribution in [2.45, 2.75) is 52.6 Å². The summed E-state index contributed by atoms with van der Waals surface area (Å²) < 4.78 is 0. The molecule has 3 heteroatoms. The van der Waals surface area contributed by atoms with Crippen molar-refractivity contribution in [2.75, 3.05) is 32.7 Å². The highest BCUT2D eigenvalue weighted by Crippen LogP contribution is 2.37. The molecule has 102 valence electrons. The van der Waals surface area contributed by atoms with Crippen LogP contribution < -0.4 is 5.32 Å².